The van der Waals surface area contributed by atoms with E-state index in [1.54, 1.807) is 6.07 Å². The second-order valence-electron chi connectivity index (χ2n) is 4.28. The van der Waals surface area contributed by atoms with Crippen LogP contribution in [0.25, 0.3) is 0 Å². The Morgan fingerprint density at radius 1 is 1.20 bits per heavy atom. The highest BCUT2D eigenvalue weighted by molar-refractivity contribution is 9.10. The molecule has 106 valence electrons. The highest BCUT2D eigenvalue weighted by Gasteiger charge is 2.11. The molecule has 0 aliphatic carbocycles. The molecular formula is C14H14BrCl2N3. The van der Waals surface area contributed by atoms with E-state index in [1.165, 1.54) is 0 Å². The first-order valence-corrected chi connectivity index (χ1v) is 7.77. The van der Waals surface area contributed by atoms with Crippen LogP contribution in [-0.2, 0) is 12.8 Å². The molecule has 0 bridgehead atoms. The highest BCUT2D eigenvalue weighted by Crippen LogP contribution is 2.26. The number of hydrogen-bond donors (Lipinski definition) is 1. The molecule has 0 radical (unpaired) electrons. The molecule has 2 rings (SSSR count). The first-order valence-electron chi connectivity index (χ1n) is 6.22. The number of hydrogen-bond acceptors (Lipinski definition) is 3. The molecule has 0 aliphatic rings. The van der Waals surface area contributed by atoms with Gasteiger partial charge in [-0.25, -0.2) is 9.97 Å². The summed E-state index contributed by atoms with van der Waals surface area (Å²) in [5.41, 5.74) is 2.02. The summed E-state index contributed by atoms with van der Waals surface area (Å²) in [6, 6.07) is 5.57. The van der Waals surface area contributed by atoms with Crippen molar-refractivity contribution in [2.45, 2.75) is 19.8 Å². The SMILES string of the molecule is CCc1nc(Cc2ccc(Cl)c(Cl)c2)nc(NC)c1Br. The lowest BCUT2D eigenvalue weighted by Gasteiger charge is -2.10. The van der Waals surface area contributed by atoms with Crippen molar-refractivity contribution in [3.05, 3.63) is 49.8 Å². The quantitative estimate of drug-likeness (QED) is 0.839. The zero-order chi connectivity index (χ0) is 14.7. The molecule has 20 heavy (non-hydrogen) atoms. The Balaban J connectivity index is 2.35. The third kappa shape index (κ3) is 3.43. The van der Waals surface area contributed by atoms with E-state index in [0.717, 1.165) is 33.8 Å². The van der Waals surface area contributed by atoms with Crippen LogP contribution in [-0.4, -0.2) is 17.0 Å². The van der Waals surface area contributed by atoms with E-state index in [4.69, 9.17) is 23.2 Å². The number of aromatic nitrogens is 2. The smallest absolute Gasteiger partial charge is 0.144 e. The Morgan fingerprint density at radius 3 is 2.55 bits per heavy atom. The van der Waals surface area contributed by atoms with Crippen molar-refractivity contribution in [3.8, 4) is 0 Å². The van der Waals surface area contributed by atoms with Crippen molar-refractivity contribution in [2.24, 2.45) is 0 Å². The van der Waals surface area contributed by atoms with Gasteiger partial charge >= 0.3 is 0 Å². The van der Waals surface area contributed by atoms with E-state index in [0.29, 0.717) is 16.5 Å². The molecular weight excluding hydrogens is 361 g/mol. The summed E-state index contributed by atoms with van der Waals surface area (Å²) in [6.45, 7) is 2.06. The lowest BCUT2D eigenvalue weighted by molar-refractivity contribution is 0.898. The minimum absolute atomic E-state index is 0.547. The number of anilines is 1. The maximum absolute atomic E-state index is 6.03. The number of nitrogens with one attached hydrogen (secondary N) is 1. The van der Waals surface area contributed by atoms with Gasteiger partial charge in [-0.2, -0.15) is 0 Å². The molecule has 1 N–H and O–H groups in total. The maximum Gasteiger partial charge on any atom is 0.144 e. The van der Waals surface area contributed by atoms with Crippen LogP contribution in [0.3, 0.4) is 0 Å². The van der Waals surface area contributed by atoms with Crippen LogP contribution in [0.5, 0.6) is 0 Å². The fourth-order valence-electron chi connectivity index (χ4n) is 1.86. The van der Waals surface area contributed by atoms with Gasteiger partial charge in [0.1, 0.15) is 11.6 Å². The molecule has 0 spiro atoms. The van der Waals surface area contributed by atoms with Crippen LogP contribution in [0.15, 0.2) is 22.7 Å². The number of aryl methyl sites for hydroxylation is 1. The van der Waals surface area contributed by atoms with E-state index in [-0.39, 0.29) is 0 Å². The molecule has 0 saturated heterocycles. The number of rotatable bonds is 4. The Hall–Kier alpha value is -0.840. The molecule has 1 aromatic carbocycles. The van der Waals surface area contributed by atoms with Gasteiger partial charge in [0, 0.05) is 13.5 Å². The monoisotopic (exact) mass is 373 g/mol. The zero-order valence-corrected chi connectivity index (χ0v) is 14.3. The maximum atomic E-state index is 6.03. The van der Waals surface area contributed by atoms with Gasteiger partial charge in [-0.05, 0) is 40.0 Å². The Bertz CT molecular complexity index is 607. The van der Waals surface area contributed by atoms with Crippen LogP contribution >= 0.6 is 39.1 Å². The largest absolute Gasteiger partial charge is 0.372 e. The standard InChI is InChI=1S/C14H14BrCl2N3/c1-3-11-13(15)14(18-2)20-12(19-11)7-8-4-5-9(16)10(17)6-8/h4-6H,3,7H2,1-2H3,(H,18,19,20). The van der Waals surface area contributed by atoms with Gasteiger partial charge < -0.3 is 5.32 Å². The summed E-state index contributed by atoms with van der Waals surface area (Å²) in [7, 11) is 1.84. The van der Waals surface area contributed by atoms with E-state index in [1.807, 2.05) is 19.2 Å². The third-order valence-corrected chi connectivity index (χ3v) is 4.46. The fourth-order valence-corrected chi connectivity index (χ4v) is 2.83. The molecule has 0 atom stereocenters. The van der Waals surface area contributed by atoms with Gasteiger partial charge in [-0.15, -0.1) is 0 Å². The fraction of sp³-hybridized carbons (Fsp3) is 0.286. The average Bonchev–Trinajstić information content (AvgIpc) is 2.44. The minimum atomic E-state index is 0.547. The van der Waals surface area contributed by atoms with E-state index in [2.05, 4.69) is 38.1 Å². The molecule has 6 heteroatoms. The highest BCUT2D eigenvalue weighted by atomic mass is 79.9. The lowest BCUT2D eigenvalue weighted by Crippen LogP contribution is -2.06. The summed E-state index contributed by atoms with van der Waals surface area (Å²) in [5.74, 6) is 1.56. The molecule has 3 nitrogen and oxygen atoms in total. The van der Waals surface area contributed by atoms with Gasteiger partial charge in [-0.1, -0.05) is 36.2 Å². The van der Waals surface area contributed by atoms with Crippen LogP contribution in [0.2, 0.25) is 10.0 Å². The molecule has 1 heterocycles. The number of benzene rings is 1. The molecule has 2 aromatic rings. The number of halogens is 3. The zero-order valence-electron chi connectivity index (χ0n) is 11.2. The Labute approximate surface area is 136 Å². The number of nitrogens with zero attached hydrogens (tertiary/aromatic N) is 2. The second-order valence-corrected chi connectivity index (χ2v) is 5.89. The molecule has 0 amide bonds. The van der Waals surface area contributed by atoms with Crippen molar-refractivity contribution < 1.29 is 0 Å². The van der Waals surface area contributed by atoms with Crippen molar-refractivity contribution in [1.29, 1.82) is 0 Å². The van der Waals surface area contributed by atoms with Crippen molar-refractivity contribution in [3.63, 3.8) is 0 Å². The van der Waals surface area contributed by atoms with E-state index >= 15 is 0 Å². The first-order chi connectivity index (χ1) is 9.55. The van der Waals surface area contributed by atoms with Gasteiger partial charge in [0.15, 0.2) is 0 Å². The summed E-state index contributed by atoms with van der Waals surface area (Å²) < 4.78 is 0.917. The van der Waals surface area contributed by atoms with Gasteiger partial charge in [0.2, 0.25) is 0 Å². The van der Waals surface area contributed by atoms with Gasteiger partial charge in [0.25, 0.3) is 0 Å². The normalized spacial score (nSPS) is 10.7. The Morgan fingerprint density at radius 2 is 1.95 bits per heavy atom. The van der Waals surface area contributed by atoms with Crippen LogP contribution in [0, 0.1) is 0 Å². The second kappa shape index (κ2) is 6.74. The van der Waals surface area contributed by atoms with E-state index in [9.17, 15) is 0 Å². The van der Waals surface area contributed by atoms with E-state index < -0.39 is 0 Å². The predicted octanol–water partition coefficient (Wildman–Crippen LogP) is 4.74. The summed E-state index contributed by atoms with van der Waals surface area (Å²) in [6.07, 6.45) is 1.46. The third-order valence-electron chi connectivity index (χ3n) is 2.88. The molecule has 0 unspecified atom stereocenters. The van der Waals surface area contributed by atoms with Crippen LogP contribution in [0.4, 0.5) is 5.82 Å². The topological polar surface area (TPSA) is 37.8 Å². The summed E-state index contributed by atoms with van der Waals surface area (Å²) >= 11 is 15.5. The van der Waals surface area contributed by atoms with Crippen molar-refractivity contribution >= 4 is 44.9 Å². The lowest BCUT2D eigenvalue weighted by atomic mass is 10.1. The predicted molar refractivity (Wildman–Crippen MR) is 87.9 cm³/mol. The van der Waals surface area contributed by atoms with Crippen molar-refractivity contribution in [2.75, 3.05) is 12.4 Å². The molecule has 0 saturated carbocycles. The minimum Gasteiger partial charge on any atom is -0.372 e. The molecule has 0 fully saturated rings. The first kappa shape index (κ1) is 15.5. The molecule has 1 aromatic heterocycles. The summed E-state index contributed by atoms with van der Waals surface area (Å²) in [4.78, 5) is 9.07. The Kier molecular flexibility index (Phi) is 5.24. The van der Waals surface area contributed by atoms with Crippen LogP contribution in [0.1, 0.15) is 24.0 Å². The summed E-state index contributed by atoms with van der Waals surface area (Å²) in [5, 5.41) is 4.17. The van der Waals surface area contributed by atoms with Crippen molar-refractivity contribution in [1.82, 2.24) is 9.97 Å². The van der Waals surface area contributed by atoms with Crippen LogP contribution < -0.4 is 5.32 Å². The molecule has 0 aliphatic heterocycles. The van der Waals surface area contributed by atoms with Gasteiger partial charge in [-0.3, -0.25) is 0 Å². The average molecular weight is 375 g/mol. The van der Waals surface area contributed by atoms with Gasteiger partial charge in [0.05, 0.1) is 20.2 Å².